The lowest BCUT2D eigenvalue weighted by molar-refractivity contribution is -0.129. The number of carbonyl (C=O) groups excluding carboxylic acids is 1. The summed E-state index contributed by atoms with van der Waals surface area (Å²) >= 11 is 0. The summed E-state index contributed by atoms with van der Waals surface area (Å²) < 4.78 is 23.4. The molecule has 0 spiro atoms. The van der Waals surface area contributed by atoms with Crippen LogP contribution in [-0.4, -0.2) is 50.7 Å². The summed E-state index contributed by atoms with van der Waals surface area (Å²) in [6, 6.07) is 10.2. The normalized spacial score (nSPS) is 24.2. The van der Waals surface area contributed by atoms with Crippen molar-refractivity contribution < 1.29 is 13.2 Å². The van der Waals surface area contributed by atoms with Crippen molar-refractivity contribution in [3.63, 3.8) is 0 Å². The maximum Gasteiger partial charge on any atom is 0.250 e. The number of piperazine rings is 1. The lowest BCUT2D eigenvalue weighted by Gasteiger charge is -2.41. The molecule has 0 N–H and O–H groups in total. The number of anilines is 1. The second-order valence-corrected chi connectivity index (χ2v) is 8.21. The van der Waals surface area contributed by atoms with E-state index in [1.54, 1.807) is 0 Å². The Morgan fingerprint density at radius 3 is 2.57 bits per heavy atom. The number of amides is 1. The van der Waals surface area contributed by atoms with E-state index in [-0.39, 0.29) is 17.7 Å². The van der Waals surface area contributed by atoms with Gasteiger partial charge in [-0.3, -0.25) is 4.79 Å². The van der Waals surface area contributed by atoms with Crippen molar-refractivity contribution in [3.8, 4) is 0 Å². The van der Waals surface area contributed by atoms with E-state index in [4.69, 9.17) is 0 Å². The number of nitrogens with zero attached hydrogens (tertiary/aromatic N) is 2. The lowest BCUT2D eigenvalue weighted by Crippen LogP contribution is -2.54. The van der Waals surface area contributed by atoms with E-state index in [1.807, 2.05) is 30.0 Å². The largest absolute Gasteiger partial charge is 0.368 e. The number of para-hydroxylation sites is 1. The van der Waals surface area contributed by atoms with E-state index in [9.17, 15) is 13.2 Å². The molecular weight excluding hydrogens is 312 g/mol. The van der Waals surface area contributed by atoms with E-state index in [0.717, 1.165) is 18.8 Å². The van der Waals surface area contributed by atoms with Crippen LogP contribution >= 0.6 is 0 Å². The third-order valence-corrected chi connectivity index (χ3v) is 5.98. The zero-order valence-corrected chi connectivity index (χ0v) is 14.1. The van der Waals surface area contributed by atoms with Gasteiger partial charge in [-0.05, 0) is 31.9 Å². The van der Waals surface area contributed by atoms with E-state index in [2.05, 4.69) is 17.0 Å². The molecule has 0 saturated carbocycles. The van der Waals surface area contributed by atoms with Gasteiger partial charge in [0.1, 0.15) is 0 Å². The Labute approximate surface area is 137 Å². The van der Waals surface area contributed by atoms with Gasteiger partial charge in [0.15, 0.2) is 9.84 Å². The molecule has 124 valence electrons. The molecule has 0 bridgehead atoms. The molecule has 1 fully saturated rings. The summed E-state index contributed by atoms with van der Waals surface area (Å²) in [5, 5.41) is 1.19. The molecule has 23 heavy (non-hydrogen) atoms. The number of benzene rings is 1. The van der Waals surface area contributed by atoms with Gasteiger partial charge in [-0.1, -0.05) is 18.2 Å². The molecular formula is C17H22N2O3S. The number of sulfone groups is 1. The zero-order valence-electron chi connectivity index (χ0n) is 13.3. The first-order chi connectivity index (χ1) is 11.0. The first-order valence-electron chi connectivity index (χ1n) is 8.00. The van der Waals surface area contributed by atoms with Crippen LogP contribution in [0.1, 0.15) is 19.8 Å². The van der Waals surface area contributed by atoms with Crippen molar-refractivity contribution in [2.24, 2.45) is 0 Å². The van der Waals surface area contributed by atoms with E-state index >= 15 is 0 Å². The average Bonchev–Trinajstić information content (AvgIpc) is 2.54. The second-order valence-electron chi connectivity index (χ2n) is 6.24. The monoisotopic (exact) mass is 334 g/mol. The van der Waals surface area contributed by atoms with E-state index < -0.39 is 9.84 Å². The summed E-state index contributed by atoms with van der Waals surface area (Å²) in [5.41, 5.74) is 1.60. The number of hydrogen-bond donors (Lipinski definition) is 0. The highest BCUT2D eigenvalue weighted by Crippen LogP contribution is 2.23. The fourth-order valence-electron chi connectivity index (χ4n) is 3.27. The first kappa shape index (κ1) is 16.1. The molecule has 1 unspecified atom stereocenters. The molecule has 2 heterocycles. The van der Waals surface area contributed by atoms with Gasteiger partial charge >= 0.3 is 0 Å². The number of hydrogen-bond acceptors (Lipinski definition) is 4. The summed E-state index contributed by atoms with van der Waals surface area (Å²) in [6.45, 7) is 4.16. The standard InChI is InChI=1S/C17H22N2O3S/c1-14-12-18(16-7-3-2-4-8-16)9-10-19(14)17(20)15-6-5-11-23(21,22)13-15/h2-4,7-8,13-14H,5-6,9-12H2,1H3. The van der Waals surface area contributed by atoms with Crippen LogP contribution in [0, 0.1) is 0 Å². The van der Waals surface area contributed by atoms with Crippen molar-refractivity contribution >= 4 is 21.4 Å². The van der Waals surface area contributed by atoms with Gasteiger partial charge in [0, 0.05) is 42.3 Å². The fraction of sp³-hybridized carbons (Fsp3) is 0.471. The third kappa shape index (κ3) is 3.58. The van der Waals surface area contributed by atoms with Crippen molar-refractivity contribution in [2.75, 3.05) is 30.3 Å². The van der Waals surface area contributed by atoms with Gasteiger partial charge in [0.2, 0.25) is 0 Å². The highest BCUT2D eigenvalue weighted by Gasteiger charge is 2.31. The van der Waals surface area contributed by atoms with Gasteiger partial charge in [0.25, 0.3) is 5.91 Å². The number of rotatable bonds is 2. The molecule has 2 aliphatic heterocycles. The SMILES string of the molecule is CC1CN(c2ccccc2)CCN1C(=O)C1=CS(=O)(=O)CCC1. The molecule has 5 nitrogen and oxygen atoms in total. The lowest BCUT2D eigenvalue weighted by atomic mass is 10.1. The van der Waals surface area contributed by atoms with E-state index in [0.29, 0.717) is 25.0 Å². The minimum Gasteiger partial charge on any atom is -0.368 e. The Balaban J connectivity index is 1.71. The molecule has 6 heteroatoms. The maximum atomic E-state index is 12.7. The van der Waals surface area contributed by atoms with Crippen LogP contribution in [0.4, 0.5) is 5.69 Å². The predicted molar refractivity (Wildman–Crippen MR) is 90.9 cm³/mol. The fourth-order valence-corrected chi connectivity index (χ4v) is 4.59. The quantitative estimate of drug-likeness (QED) is 0.828. The van der Waals surface area contributed by atoms with Gasteiger partial charge < -0.3 is 9.80 Å². The van der Waals surface area contributed by atoms with Crippen molar-refractivity contribution in [2.45, 2.75) is 25.8 Å². The molecule has 1 saturated heterocycles. The third-order valence-electron chi connectivity index (χ3n) is 4.48. The summed E-state index contributed by atoms with van der Waals surface area (Å²) in [6.07, 6.45) is 1.10. The van der Waals surface area contributed by atoms with Crippen LogP contribution in [0.3, 0.4) is 0 Å². The summed E-state index contributed by atoms with van der Waals surface area (Å²) in [7, 11) is -3.21. The van der Waals surface area contributed by atoms with E-state index in [1.165, 1.54) is 5.41 Å². The summed E-state index contributed by atoms with van der Waals surface area (Å²) in [5.74, 6) is 0.0367. The molecule has 2 aliphatic rings. The Morgan fingerprint density at radius 2 is 1.91 bits per heavy atom. The van der Waals surface area contributed by atoms with Crippen LogP contribution in [0.15, 0.2) is 41.3 Å². The molecule has 3 rings (SSSR count). The van der Waals surface area contributed by atoms with Crippen LogP contribution < -0.4 is 4.90 Å². The first-order valence-corrected chi connectivity index (χ1v) is 9.72. The average molecular weight is 334 g/mol. The highest BCUT2D eigenvalue weighted by atomic mass is 32.2. The van der Waals surface area contributed by atoms with Gasteiger partial charge in [0.05, 0.1) is 5.75 Å². The highest BCUT2D eigenvalue weighted by molar-refractivity contribution is 7.94. The topological polar surface area (TPSA) is 57.7 Å². The van der Waals surface area contributed by atoms with Crippen molar-refractivity contribution in [1.82, 2.24) is 4.90 Å². The Morgan fingerprint density at radius 1 is 1.17 bits per heavy atom. The van der Waals surface area contributed by atoms with Crippen LogP contribution in [0.5, 0.6) is 0 Å². The molecule has 1 aromatic rings. The predicted octanol–water partition coefficient (Wildman–Crippen LogP) is 1.82. The van der Waals surface area contributed by atoms with Crippen LogP contribution in [0.2, 0.25) is 0 Å². The molecule has 1 amide bonds. The Hall–Kier alpha value is -1.82. The second kappa shape index (κ2) is 6.35. The summed E-state index contributed by atoms with van der Waals surface area (Å²) in [4.78, 5) is 16.7. The molecule has 0 aromatic heterocycles. The number of carbonyl (C=O) groups is 1. The van der Waals surface area contributed by atoms with Crippen LogP contribution in [0.25, 0.3) is 0 Å². The maximum absolute atomic E-state index is 12.7. The molecule has 0 radical (unpaired) electrons. The van der Waals surface area contributed by atoms with Gasteiger partial charge in [-0.15, -0.1) is 0 Å². The van der Waals surface area contributed by atoms with Crippen LogP contribution in [-0.2, 0) is 14.6 Å². The minimum absolute atomic E-state index is 0.0574. The minimum atomic E-state index is -3.21. The van der Waals surface area contributed by atoms with Crippen molar-refractivity contribution in [3.05, 3.63) is 41.3 Å². The molecule has 1 atom stereocenters. The smallest absolute Gasteiger partial charge is 0.250 e. The Kier molecular flexibility index (Phi) is 4.43. The Bertz CT molecular complexity index is 713. The molecule has 0 aliphatic carbocycles. The zero-order chi connectivity index (χ0) is 16.4. The van der Waals surface area contributed by atoms with Gasteiger partial charge in [-0.2, -0.15) is 0 Å². The van der Waals surface area contributed by atoms with Crippen molar-refractivity contribution in [1.29, 1.82) is 0 Å². The molecule has 1 aromatic carbocycles. The van der Waals surface area contributed by atoms with Gasteiger partial charge in [-0.25, -0.2) is 8.42 Å².